The van der Waals surface area contributed by atoms with E-state index in [1.807, 2.05) is 0 Å². The minimum Gasteiger partial charge on any atom is -0.207 e. The highest BCUT2D eigenvalue weighted by atomic mass is 79.9. The molecule has 17 heavy (non-hydrogen) atoms. The van der Waals surface area contributed by atoms with Gasteiger partial charge in [-0.05, 0) is 28.1 Å². The van der Waals surface area contributed by atoms with Crippen LogP contribution >= 0.6 is 39.1 Å². The van der Waals surface area contributed by atoms with Gasteiger partial charge in [0.15, 0.2) is 0 Å². The first kappa shape index (κ1) is 14.7. The smallest absolute Gasteiger partial charge is 0.207 e. The summed E-state index contributed by atoms with van der Waals surface area (Å²) < 4.78 is 25.5. The molecule has 0 N–H and O–H groups in total. The summed E-state index contributed by atoms with van der Waals surface area (Å²) in [6.07, 6.45) is 0. The third-order valence-corrected chi connectivity index (χ3v) is 5.71. The van der Waals surface area contributed by atoms with E-state index in [1.54, 1.807) is 6.07 Å². The van der Waals surface area contributed by atoms with Crippen molar-refractivity contribution in [2.75, 3.05) is 13.6 Å². The summed E-state index contributed by atoms with van der Waals surface area (Å²) in [7, 11) is -2.50. The normalized spacial score (nSPS) is 11.5. The molecule has 0 fully saturated rings. The van der Waals surface area contributed by atoms with Crippen LogP contribution in [-0.4, -0.2) is 26.3 Å². The van der Waals surface area contributed by atoms with Crippen molar-refractivity contribution in [3.63, 3.8) is 0 Å². The lowest BCUT2D eigenvalue weighted by molar-refractivity contribution is 0.502. The number of benzene rings is 1. The van der Waals surface area contributed by atoms with Gasteiger partial charge < -0.3 is 0 Å². The summed E-state index contributed by atoms with van der Waals surface area (Å²) in [5.74, 6) is 0. The lowest BCUT2D eigenvalue weighted by atomic mass is 10.4. The first-order chi connectivity index (χ1) is 7.82. The summed E-state index contributed by atoms with van der Waals surface area (Å²) >= 11 is 14.9. The Labute approximate surface area is 118 Å². The van der Waals surface area contributed by atoms with Gasteiger partial charge in [-0.3, -0.25) is 0 Å². The van der Waals surface area contributed by atoms with Crippen LogP contribution < -0.4 is 0 Å². The first-order valence-electron chi connectivity index (χ1n) is 4.29. The maximum absolute atomic E-state index is 12.0. The Bertz CT molecular complexity index is 583. The monoisotopic (exact) mass is 356 g/mol. The Morgan fingerprint density at radius 1 is 1.41 bits per heavy atom. The summed E-state index contributed by atoms with van der Waals surface area (Å²) in [6, 6.07) is 4.57. The highest BCUT2D eigenvalue weighted by Crippen LogP contribution is 2.35. The number of hydrogen-bond donors (Lipinski definition) is 0. The molecule has 0 atom stereocenters. The Morgan fingerprint density at radius 3 is 2.53 bits per heavy atom. The maximum Gasteiger partial charge on any atom is 0.245 e. The van der Waals surface area contributed by atoms with Crippen molar-refractivity contribution in [1.82, 2.24) is 4.31 Å². The molecular formula is C9H7BrCl2N2O2S. The largest absolute Gasteiger partial charge is 0.245 e. The molecular weight excluding hydrogens is 351 g/mol. The molecule has 0 aliphatic carbocycles. The van der Waals surface area contributed by atoms with Gasteiger partial charge in [-0.15, -0.1) is 0 Å². The van der Waals surface area contributed by atoms with Crippen LogP contribution in [0.4, 0.5) is 0 Å². The van der Waals surface area contributed by atoms with Gasteiger partial charge >= 0.3 is 0 Å². The summed E-state index contributed by atoms with van der Waals surface area (Å²) in [5, 5.41) is 8.55. The van der Waals surface area contributed by atoms with Gasteiger partial charge in [-0.25, -0.2) is 8.42 Å². The molecule has 0 amide bonds. The van der Waals surface area contributed by atoms with Gasteiger partial charge in [0.2, 0.25) is 10.0 Å². The number of sulfonamides is 1. The topological polar surface area (TPSA) is 61.2 Å². The van der Waals surface area contributed by atoms with Crippen LogP contribution in [-0.2, 0) is 10.0 Å². The zero-order valence-electron chi connectivity index (χ0n) is 8.61. The molecule has 0 aromatic heterocycles. The Morgan fingerprint density at radius 2 is 2.00 bits per heavy atom. The molecule has 1 rings (SSSR count). The quantitative estimate of drug-likeness (QED) is 0.617. The molecule has 0 aliphatic rings. The van der Waals surface area contributed by atoms with Crippen LogP contribution in [0, 0.1) is 11.3 Å². The van der Waals surface area contributed by atoms with Gasteiger partial charge in [0.05, 0.1) is 16.1 Å². The predicted molar refractivity (Wildman–Crippen MR) is 69.6 cm³/mol. The van der Waals surface area contributed by atoms with Gasteiger partial charge in [0.1, 0.15) is 11.4 Å². The van der Waals surface area contributed by atoms with E-state index >= 15 is 0 Å². The molecule has 1 aromatic carbocycles. The number of nitrogens with zero attached hydrogens (tertiary/aromatic N) is 2. The van der Waals surface area contributed by atoms with E-state index in [0.29, 0.717) is 4.47 Å². The zero-order chi connectivity index (χ0) is 13.2. The second-order valence-electron chi connectivity index (χ2n) is 3.09. The number of nitriles is 1. The third-order valence-electron chi connectivity index (χ3n) is 1.98. The molecule has 0 bridgehead atoms. The van der Waals surface area contributed by atoms with Gasteiger partial charge in [0, 0.05) is 11.5 Å². The molecule has 0 saturated heterocycles. The fourth-order valence-electron chi connectivity index (χ4n) is 1.06. The van der Waals surface area contributed by atoms with Gasteiger partial charge in [0.25, 0.3) is 0 Å². The van der Waals surface area contributed by atoms with Crippen LogP contribution in [0.15, 0.2) is 21.5 Å². The van der Waals surface area contributed by atoms with E-state index in [-0.39, 0.29) is 21.5 Å². The minimum atomic E-state index is -3.80. The molecule has 8 heteroatoms. The molecule has 1 aromatic rings. The Kier molecular flexibility index (Phi) is 4.81. The van der Waals surface area contributed by atoms with Crippen molar-refractivity contribution < 1.29 is 8.42 Å². The zero-order valence-corrected chi connectivity index (χ0v) is 12.5. The molecule has 0 radical (unpaired) electrons. The van der Waals surface area contributed by atoms with Crippen molar-refractivity contribution in [1.29, 1.82) is 5.26 Å². The average Bonchev–Trinajstić information content (AvgIpc) is 2.26. The van der Waals surface area contributed by atoms with Crippen LogP contribution in [0.25, 0.3) is 0 Å². The second-order valence-corrected chi connectivity index (χ2v) is 6.72. The maximum atomic E-state index is 12.0. The molecule has 0 spiro atoms. The molecule has 0 heterocycles. The SMILES string of the molecule is CN(CC#N)S(=O)(=O)c1ccc(Br)c(Cl)c1Cl. The van der Waals surface area contributed by atoms with E-state index in [0.717, 1.165) is 4.31 Å². The Hall–Kier alpha value is -0.320. The summed E-state index contributed by atoms with van der Waals surface area (Å²) in [4.78, 5) is -0.120. The number of rotatable bonds is 3. The van der Waals surface area contributed by atoms with E-state index in [9.17, 15) is 8.42 Å². The fourth-order valence-corrected chi connectivity index (χ4v) is 3.31. The van der Waals surface area contributed by atoms with Crippen molar-refractivity contribution >= 4 is 49.2 Å². The van der Waals surface area contributed by atoms with Crippen molar-refractivity contribution in [3.8, 4) is 6.07 Å². The standard InChI is InChI=1S/C9H7BrCl2N2O2S/c1-14(5-4-13)17(15,16)7-3-2-6(10)8(11)9(7)12/h2-3H,5H2,1H3. The molecule has 0 saturated carbocycles. The third kappa shape index (κ3) is 2.92. The molecule has 0 aliphatic heterocycles. The van der Waals surface area contributed by atoms with Gasteiger partial charge in [-0.2, -0.15) is 9.57 Å². The fraction of sp³-hybridized carbons (Fsp3) is 0.222. The molecule has 0 unspecified atom stereocenters. The highest BCUT2D eigenvalue weighted by molar-refractivity contribution is 9.10. The van der Waals surface area contributed by atoms with Crippen LogP contribution in [0.1, 0.15) is 0 Å². The lowest BCUT2D eigenvalue weighted by Crippen LogP contribution is -2.27. The van der Waals surface area contributed by atoms with Crippen molar-refractivity contribution in [2.24, 2.45) is 0 Å². The predicted octanol–water partition coefficient (Wildman–Crippen LogP) is 2.90. The lowest BCUT2D eigenvalue weighted by Gasteiger charge is -2.15. The van der Waals surface area contributed by atoms with Crippen LogP contribution in [0.3, 0.4) is 0 Å². The Balaban J connectivity index is 3.36. The van der Waals surface area contributed by atoms with E-state index in [4.69, 9.17) is 28.5 Å². The van der Waals surface area contributed by atoms with Crippen LogP contribution in [0.2, 0.25) is 10.0 Å². The summed E-state index contributed by atoms with van der Waals surface area (Å²) in [5.41, 5.74) is 0. The second kappa shape index (κ2) is 5.55. The van der Waals surface area contributed by atoms with E-state index < -0.39 is 10.0 Å². The summed E-state index contributed by atoms with van der Waals surface area (Å²) in [6.45, 7) is -0.258. The molecule has 4 nitrogen and oxygen atoms in total. The van der Waals surface area contributed by atoms with Crippen molar-refractivity contribution in [3.05, 3.63) is 26.7 Å². The average molecular weight is 358 g/mol. The highest BCUT2D eigenvalue weighted by Gasteiger charge is 2.25. The minimum absolute atomic E-state index is 0.0640. The number of hydrogen-bond acceptors (Lipinski definition) is 3. The first-order valence-corrected chi connectivity index (χ1v) is 7.28. The number of halogens is 3. The van der Waals surface area contributed by atoms with Crippen molar-refractivity contribution in [2.45, 2.75) is 4.90 Å². The van der Waals surface area contributed by atoms with E-state index in [2.05, 4.69) is 15.9 Å². The van der Waals surface area contributed by atoms with E-state index in [1.165, 1.54) is 19.2 Å². The van der Waals surface area contributed by atoms with Crippen LogP contribution in [0.5, 0.6) is 0 Å². The molecule has 92 valence electrons. The van der Waals surface area contributed by atoms with Gasteiger partial charge in [-0.1, -0.05) is 23.2 Å².